The predicted octanol–water partition coefficient (Wildman–Crippen LogP) is 4.11. The van der Waals surface area contributed by atoms with Crippen molar-refractivity contribution in [2.75, 3.05) is 11.9 Å². The lowest BCUT2D eigenvalue weighted by Crippen LogP contribution is -2.39. The maximum absolute atomic E-state index is 13.3. The Morgan fingerprint density at radius 2 is 1.68 bits per heavy atom. The van der Waals surface area contributed by atoms with Crippen molar-refractivity contribution < 1.29 is 9.59 Å². The van der Waals surface area contributed by atoms with Crippen molar-refractivity contribution in [1.29, 1.82) is 0 Å². The van der Waals surface area contributed by atoms with Crippen molar-refractivity contribution in [2.45, 2.75) is 19.4 Å². The molecule has 4 nitrogen and oxygen atoms in total. The third-order valence-corrected chi connectivity index (χ3v) is 5.04. The van der Waals surface area contributed by atoms with Crippen LogP contribution in [-0.2, 0) is 16.0 Å². The highest BCUT2D eigenvalue weighted by atomic mass is 16.2. The van der Waals surface area contributed by atoms with Gasteiger partial charge in [-0.1, -0.05) is 78.4 Å². The molecule has 0 aliphatic carbocycles. The van der Waals surface area contributed by atoms with Crippen LogP contribution in [0.4, 0.5) is 5.69 Å². The molecule has 1 heterocycles. The maximum Gasteiger partial charge on any atom is 0.244 e. The van der Waals surface area contributed by atoms with Gasteiger partial charge in [0.2, 0.25) is 11.8 Å². The molecule has 2 amide bonds. The third-order valence-electron chi connectivity index (χ3n) is 5.04. The van der Waals surface area contributed by atoms with Crippen LogP contribution in [0.1, 0.15) is 28.3 Å². The van der Waals surface area contributed by atoms with Crippen molar-refractivity contribution in [3.8, 4) is 0 Å². The quantitative estimate of drug-likeness (QED) is 0.754. The molecular weight excluding hydrogens is 348 g/mol. The second-order valence-corrected chi connectivity index (χ2v) is 7.14. The largest absolute Gasteiger partial charge is 0.324 e. The van der Waals surface area contributed by atoms with E-state index in [0.717, 1.165) is 27.9 Å². The van der Waals surface area contributed by atoms with E-state index in [0.29, 0.717) is 0 Å². The van der Waals surface area contributed by atoms with E-state index in [4.69, 9.17) is 0 Å². The van der Waals surface area contributed by atoms with Crippen LogP contribution in [-0.4, -0.2) is 23.3 Å². The third kappa shape index (κ3) is 3.67. The Hall–Kier alpha value is -3.40. The number of rotatable bonds is 3. The topological polar surface area (TPSA) is 49.4 Å². The van der Waals surface area contributed by atoms with E-state index in [2.05, 4.69) is 11.4 Å². The number of nitrogens with one attached hydrogen (secondary N) is 1. The normalized spacial score (nSPS) is 16.1. The summed E-state index contributed by atoms with van der Waals surface area (Å²) in [6.07, 6.45) is 0.263. The molecule has 140 valence electrons. The molecule has 0 unspecified atom stereocenters. The SMILES string of the molecule is Cc1ccc2c(c1)[C@H](c1ccccc1)N(C(=O)Cc1ccccc1)CC(=O)N2. The van der Waals surface area contributed by atoms with Crippen LogP contribution in [0.25, 0.3) is 0 Å². The highest BCUT2D eigenvalue weighted by molar-refractivity contribution is 5.97. The number of anilines is 1. The van der Waals surface area contributed by atoms with Crippen LogP contribution < -0.4 is 5.32 Å². The molecule has 0 fully saturated rings. The van der Waals surface area contributed by atoms with Crippen molar-refractivity contribution in [2.24, 2.45) is 0 Å². The molecule has 0 bridgehead atoms. The number of aryl methyl sites for hydroxylation is 1. The monoisotopic (exact) mass is 370 g/mol. The molecule has 0 spiro atoms. The molecule has 1 aliphatic rings. The number of hydrogen-bond donors (Lipinski definition) is 1. The van der Waals surface area contributed by atoms with Crippen LogP contribution >= 0.6 is 0 Å². The smallest absolute Gasteiger partial charge is 0.244 e. The molecule has 1 aliphatic heterocycles. The summed E-state index contributed by atoms with van der Waals surface area (Å²) >= 11 is 0. The maximum atomic E-state index is 13.3. The van der Waals surface area contributed by atoms with Crippen molar-refractivity contribution >= 4 is 17.5 Å². The first kappa shape index (κ1) is 18.0. The van der Waals surface area contributed by atoms with Gasteiger partial charge in [-0.15, -0.1) is 0 Å². The van der Waals surface area contributed by atoms with Crippen LogP contribution in [0.5, 0.6) is 0 Å². The molecule has 28 heavy (non-hydrogen) atoms. The van der Waals surface area contributed by atoms with Gasteiger partial charge in [0.25, 0.3) is 0 Å². The van der Waals surface area contributed by atoms with Gasteiger partial charge < -0.3 is 10.2 Å². The molecule has 1 atom stereocenters. The molecule has 0 aromatic heterocycles. The average molecular weight is 370 g/mol. The number of amides is 2. The van der Waals surface area contributed by atoms with Crippen molar-refractivity contribution in [1.82, 2.24) is 4.90 Å². The fourth-order valence-electron chi connectivity index (χ4n) is 3.72. The predicted molar refractivity (Wildman–Crippen MR) is 110 cm³/mol. The number of carbonyl (C=O) groups excluding carboxylic acids is 2. The number of carbonyl (C=O) groups is 2. The lowest BCUT2D eigenvalue weighted by molar-refractivity contribution is -0.135. The minimum atomic E-state index is -0.314. The van der Waals surface area contributed by atoms with E-state index in [-0.39, 0.29) is 30.8 Å². The van der Waals surface area contributed by atoms with E-state index in [1.165, 1.54) is 0 Å². The minimum Gasteiger partial charge on any atom is -0.324 e. The lowest BCUT2D eigenvalue weighted by Gasteiger charge is -2.31. The van der Waals surface area contributed by atoms with Gasteiger partial charge in [-0.25, -0.2) is 0 Å². The summed E-state index contributed by atoms with van der Waals surface area (Å²) < 4.78 is 0. The number of nitrogens with zero attached hydrogens (tertiary/aromatic N) is 1. The summed E-state index contributed by atoms with van der Waals surface area (Å²) in [6, 6.07) is 25.2. The summed E-state index contributed by atoms with van der Waals surface area (Å²) in [7, 11) is 0. The van der Waals surface area contributed by atoms with Gasteiger partial charge >= 0.3 is 0 Å². The second kappa shape index (κ2) is 7.69. The first-order chi connectivity index (χ1) is 13.6. The van der Waals surface area contributed by atoms with Gasteiger partial charge in [0.05, 0.1) is 12.5 Å². The van der Waals surface area contributed by atoms with Crippen molar-refractivity contribution in [3.63, 3.8) is 0 Å². The van der Waals surface area contributed by atoms with Gasteiger partial charge in [-0.3, -0.25) is 9.59 Å². The number of fused-ring (bicyclic) bond motifs is 1. The van der Waals surface area contributed by atoms with E-state index >= 15 is 0 Å². The fourth-order valence-corrected chi connectivity index (χ4v) is 3.72. The minimum absolute atomic E-state index is 0.0267. The molecule has 0 radical (unpaired) electrons. The first-order valence-corrected chi connectivity index (χ1v) is 9.40. The Morgan fingerprint density at radius 3 is 2.39 bits per heavy atom. The highest BCUT2D eigenvalue weighted by Gasteiger charge is 2.33. The van der Waals surface area contributed by atoms with E-state index in [9.17, 15) is 9.59 Å². The number of hydrogen-bond acceptors (Lipinski definition) is 2. The lowest BCUT2D eigenvalue weighted by atomic mass is 9.94. The molecule has 3 aromatic carbocycles. The summed E-state index contributed by atoms with van der Waals surface area (Å²) in [5, 5.41) is 2.97. The van der Waals surface area contributed by atoms with Gasteiger partial charge in [-0.2, -0.15) is 0 Å². The average Bonchev–Trinajstić information content (AvgIpc) is 2.85. The molecule has 3 aromatic rings. The summed E-state index contributed by atoms with van der Waals surface area (Å²) in [5.74, 6) is -0.241. The van der Waals surface area contributed by atoms with Crippen LogP contribution in [0, 0.1) is 6.92 Å². The summed E-state index contributed by atoms with van der Waals surface area (Å²) in [5.41, 5.74) is 4.73. The molecular formula is C24H22N2O2. The van der Waals surface area contributed by atoms with E-state index < -0.39 is 0 Å². The Balaban J connectivity index is 1.80. The highest BCUT2D eigenvalue weighted by Crippen LogP contribution is 2.36. The zero-order valence-corrected chi connectivity index (χ0v) is 15.8. The molecule has 0 saturated carbocycles. The Morgan fingerprint density at radius 1 is 1.00 bits per heavy atom. The Bertz CT molecular complexity index is 1000. The molecule has 4 rings (SSSR count). The Kier molecular flexibility index (Phi) is 4.94. The van der Waals surface area contributed by atoms with Gasteiger partial charge in [0.15, 0.2) is 0 Å². The summed E-state index contributed by atoms with van der Waals surface area (Å²) in [6.45, 7) is 2.05. The second-order valence-electron chi connectivity index (χ2n) is 7.14. The van der Waals surface area contributed by atoms with Gasteiger partial charge in [0, 0.05) is 11.3 Å². The van der Waals surface area contributed by atoms with Gasteiger partial charge in [-0.05, 0) is 24.1 Å². The molecule has 4 heteroatoms. The van der Waals surface area contributed by atoms with Crippen LogP contribution in [0.15, 0.2) is 78.9 Å². The van der Waals surface area contributed by atoms with Crippen LogP contribution in [0.2, 0.25) is 0 Å². The Labute approximate surface area is 164 Å². The fraction of sp³-hybridized carbons (Fsp3) is 0.167. The molecule has 0 saturated heterocycles. The van der Waals surface area contributed by atoms with Crippen molar-refractivity contribution in [3.05, 3.63) is 101 Å². The van der Waals surface area contributed by atoms with E-state index in [1.54, 1.807) is 4.90 Å². The van der Waals surface area contributed by atoms with Crippen LogP contribution in [0.3, 0.4) is 0 Å². The number of benzene rings is 3. The molecule has 1 N–H and O–H groups in total. The van der Waals surface area contributed by atoms with E-state index in [1.807, 2.05) is 79.7 Å². The zero-order valence-electron chi connectivity index (χ0n) is 15.8. The first-order valence-electron chi connectivity index (χ1n) is 9.40. The summed E-state index contributed by atoms with van der Waals surface area (Å²) in [4.78, 5) is 27.6. The van der Waals surface area contributed by atoms with Gasteiger partial charge in [0.1, 0.15) is 6.54 Å². The zero-order chi connectivity index (χ0) is 19.5. The standard InChI is InChI=1S/C24H22N2O2/c1-17-12-13-21-20(14-17)24(19-10-6-3-7-11-19)26(16-22(27)25-21)23(28)15-18-8-4-2-5-9-18/h2-14,24H,15-16H2,1H3,(H,25,27)/t24-/m0/s1.